The van der Waals surface area contributed by atoms with Crippen LogP contribution in [0, 0.1) is 5.41 Å². The fourth-order valence-electron chi connectivity index (χ4n) is 6.17. The van der Waals surface area contributed by atoms with Crippen molar-refractivity contribution < 1.29 is 28.9 Å². The number of aromatic nitrogens is 2. The highest BCUT2D eigenvalue weighted by Gasteiger charge is 2.54. The molecule has 11 heteroatoms. The smallest absolute Gasteiger partial charge is 0.255 e. The lowest BCUT2D eigenvalue weighted by Gasteiger charge is -2.57. The van der Waals surface area contributed by atoms with Crippen molar-refractivity contribution in [1.82, 2.24) is 14.9 Å². The molecule has 0 unspecified atom stereocenters. The van der Waals surface area contributed by atoms with Crippen molar-refractivity contribution in [3.63, 3.8) is 0 Å². The third-order valence-corrected chi connectivity index (χ3v) is 8.24. The molecule has 3 heterocycles. The standard InChI is InChI=1S/C30H37N5O6/c1-29(2,38)18-40-21-4-6-25-24(16-32-35(25)17-21)28(37)33-19-12-30(13-19)14-22(15-30)41-26-11-20(3-5-23(26)27(31)36)34-7-9-39-10-8-34/h3-6,11,16-17,19,22,38H,7-10,12-15,18H2,1-2H3,(H2,31,36)(H,33,37). The molecule has 1 spiro atoms. The maximum atomic E-state index is 13.0. The Morgan fingerprint density at radius 2 is 1.90 bits per heavy atom. The van der Waals surface area contributed by atoms with Crippen molar-refractivity contribution in [3.8, 4) is 11.5 Å². The summed E-state index contributed by atoms with van der Waals surface area (Å²) in [7, 11) is 0. The third kappa shape index (κ3) is 5.82. The summed E-state index contributed by atoms with van der Waals surface area (Å²) < 4.78 is 19.0. The van der Waals surface area contributed by atoms with E-state index in [1.54, 1.807) is 49.0 Å². The maximum absolute atomic E-state index is 13.0. The van der Waals surface area contributed by atoms with E-state index in [4.69, 9.17) is 19.9 Å². The Labute approximate surface area is 238 Å². The van der Waals surface area contributed by atoms with E-state index in [0.717, 1.165) is 44.5 Å². The Bertz CT molecular complexity index is 1440. The van der Waals surface area contributed by atoms with Gasteiger partial charge in [-0.1, -0.05) is 0 Å². The first-order valence-electron chi connectivity index (χ1n) is 14.1. The highest BCUT2D eigenvalue weighted by atomic mass is 16.5. The average Bonchev–Trinajstić information content (AvgIpc) is 3.33. The average molecular weight is 564 g/mol. The number of hydrogen-bond acceptors (Lipinski definition) is 8. The van der Waals surface area contributed by atoms with Crippen LogP contribution in [0.2, 0.25) is 0 Å². The van der Waals surface area contributed by atoms with E-state index < -0.39 is 11.5 Å². The highest BCUT2D eigenvalue weighted by molar-refractivity contribution is 6.00. The number of amides is 2. The van der Waals surface area contributed by atoms with Crippen LogP contribution >= 0.6 is 0 Å². The molecular weight excluding hydrogens is 526 g/mol. The molecule has 2 aromatic heterocycles. The number of fused-ring (bicyclic) bond motifs is 1. The summed E-state index contributed by atoms with van der Waals surface area (Å²) in [6.45, 7) is 6.44. The molecule has 1 aliphatic heterocycles. The molecule has 1 saturated heterocycles. The van der Waals surface area contributed by atoms with Gasteiger partial charge in [-0.25, -0.2) is 4.52 Å². The molecule has 0 atom stereocenters. The highest BCUT2D eigenvalue weighted by Crippen LogP contribution is 2.57. The van der Waals surface area contributed by atoms with E-state index in [-0.39, 0.29) is 30.1 Å². The van der Waals surface area contributed by atoms with E-state index in [1.165, 1.54) is 0 Å². The van der Waals surface area contributed by atoms with Crippen LogP contribution in [0.15, 0.2) is 42.7 Å². The van der Waals surface area contributed by atoms with Gasteiger partial charge >= 0.3 is 0 Å². The molecule has 0 bridgehead atoms. The summed E-state index contributed by atoms with van der Waals surface area (Å²) in [6.07, 6.45) is 6.81. The second kappa shape index (κ2) is 10.5. The van der Waals surface area contributed by atoms with Gasteiger partial charge < -0.3 is 35.3 Å². The van der Waals surface area contributed by atoms with Gasteiger partial charge in [0.2, 0.25) is 0 Å². The number of primary amides is 1. The number of rotatable bonds is 9. The number of nitrogens with two attached hydrogens (primary N) is 1. The molecule has 0 radical (unpaired) electrons. The number of hydrogen-bond donors (Lipinski definition) is 3. The monoisotopic (exact) mass is 563 g/mol. The van der Waals surface area contributed by atoms with Crippen LogP contribution in [0.25, 0.3) is 5.52 Å². The van der Waals surface area contributed by atoms with Gasteiger partial charge in [-0.15, -0.1) is 0 Å². The minimum atomic E-state index is -0.947. The number of aliphatic hydroxyl groups is 1. The van der Waals surface area contributed by atoms with Crippen LogP contribution in [0.1, 0.15) is 60.2 Å². The van der Waals surface area contributed by atoms with Gasteiger partial charge in [0.25, 0.3) is 11.8 Å². The van der Waals surface area contributed by atoms with Crippen LogP contribution in [0.3, 0.4) is 0 Å². The lowest BCUT2D eigenvalue weighted by atomic mass is 9.53. The van der Waals surface area contributed by atoms with Crippen molar-refractivity contribution in [3.05, 3.63) is 53.9 Å². The van der Waals surface area contributed by atoms with Crippen LogP contribution < -0.4 is 25.4 Å². The number of carbonyl (C=O) groups is 2. The molecule has 4 N–H and O–H groups in total. The molecule has 6 rings (SSSR count). The molecule has 2 saturated carbocycles. The molecular formula is C30H37N5O6. The first-order chi connectivity index (χ1) is 19.6. The first-order valence-corrected chi connectivity index (χ1v) is 14.1. The van der Waals surface area contributed by atoms with Crippen LogP contribution in [0.4, 0.5) is 5.69 Å². The molecule has 3 aromatic rings. The second-order valence-electron chi connectivity index (χ2n) is 12.2. The Balaban J connectivity index is 1.02. The number of ether oxygens (including phenoxy) is 3. The van der Waals surface area contributed by atoms with Gasteiger partial charge in [0.15, 0.2) is 0 Å². The van der Waals surface area contributed by atoms with Crippen molar-refractivity contribution in [1.29, 1.82) is 0 Å². The number of anilines is 1. The van der Waals surface area contributed by atoms with Crippen molar-refractivity contribution in [2.24, 2.45) is 11.1 Å². The van der Waals surface area contributed by atoms with Gasteiger partial charge in [-0.3, -0.25) is 9.59 Å². The molecule has 1 aromatic carbocycles. The summed E-state index contributed by atoms with van der Waals surface area (Å²) in [6, 6.07) is 9.24. The van der Waals surface area contributed by atoms with E-state index in [1.807, 2.05) is 12.1 Å². The van der Waals surface area contributed by atoms with Gasteiger partial charge in [0.1, 0.15) is 18.1 Å². The zero-order chi connectivity index (χ0) is 28.8. The Morgan fingerprint density at radius 3 is 2.61 bits per heavy atom. The van der Waals surface area contributed by atoms with Crippen molar-refractivity contribution in [2.75, 3.05) is 37.8 Å². The largest absolute Gasteiger partial charge is 0.489 e. The molecule has 3 fully saturated rings. The molecule has 2 amide bonds. The Kier molecular flexibility index (Phi) is 7.03. The van der Waals surface area contributed by atoms with Gasteiger partial charge in [0, 0.05) is 30.9 Å². The SMILES string of the molecule is CC(C)(O)COc1ccc2c(C(=O)NC3CC4(C3)CC(Oc3cc(N5CCOCC5)ccc3C(N)=O)C4)cnn2c1. The lowest BCUT2D eigenvalue weighted by molar-refractivity contribution is -0.0834. The topological polar surface area (TPSA) is 141 Å². The minimum absolute atomic E-state index is 0.0112. The van der Waals surface area contributed by atoms with Gasteiger partial charge in [-0.2, -0.15) is 5.10 Å². The summed E-state index contributed by atoms with van der Waals surface area (Å²) in [5, 5.41) is 17.3. The molecule has 41 heavy (non-hydrogen) atoms. The number of nitrogens with zero attached hydrogens (tertiary/aromatic N) is 3. The van der Waals surface area contributed by atoms with E-state index in [9.17, 15) is 14.7 Å². The summed E-state index contributed by atoms with van der Waals surface area (Å²) in [5.41, 5.74) is 7.43. The first kappa shape index (κ1) is 27.3. The zero-order valence-corrected chi connectivity index (χ0v) is 23.5. The summed E-state index contributed by atoms with van der Waals surface area (Å²) >= 11 is 0. The fraction of sp³-hybridized carbons (Fsp3) is 0.500. The summed E-state index contributed by atoms with van der Waals surface area (Å²) in [4.78, 5) is 27.3. The van der Waals surface area contributed by atoms with Crippen molar-refractivity contribution in [2.45, 2.75) is 57.3 Å². The van der Waals surface area contributed by atoms with Gasteiger partial charge in [-0.05, 0) is 69.2 Å². The predicted molar refractivity (Wildman–Crippen MR) is 152 cm³/mol. The Hall–Kier alpha value is -3.83. The maximum Gasteiger partial charge on any atom is 0.255 e. The number of nitrogens with one attached hydrogen (secondary N) is 1. The number of pyridine rings is 1. The molecule has 218 valence electrons. The van der Waals surface area contributed by atoms with E-state index >= 15 is 0 Å². The summed E-state index contributed by atoms with van der Waals surface area (Å²) in [5.74, 6) is 0.447. The lowest BCUT2D eigenvalue weighted by Crippen LogP contribution is -2.58. The normalized spacial score (nSPS) is 24.0. The van der Waals surface area contributed by atoms with Crippen LogP contribution in [-0.2, 0) is 4.74 Å². The number of benzene rings is 1. The molecule has 3 aliphatic rings. The third-order valence-electron chi connectivity index (χ3n) is 8.24. The predicted octanol–water partition coefficient (Wildman–Crippen LogP) is 2.54. The van der Waals surface area contributed by atoms with E-state index in [2.05, 4.69) is 15.3 Å². The van der Waals surface area contributed by atoms with E-state index in [0.29, 0.717) is 41.4 Å². The minimum Gasteiger partial charge on any atom is -0.489 e. The fourth-order valence-corrected chi connectivity index (χ4v) is 6.17. The van der Waals surface area contributed by atoms with Crippen molar-refractivity contribution >= 4 is 23.0 Å². The Morgan fingerprint density at radius 1 is 1.15 bits per heavy atom. The van der Waals surface area contributed by atoms with Crippen LogP contribution in [-0.4, -0.2) is 77.2 Å². The molecule has 2 aliphatic carbocycles. The quantitative estimate of drug-likeness (QED) is 0.361. The zero-order valence-electron chi connectivity index (χ0n) is 23.5. The number of carbonyl (C=O) groups excluding carboxylic acids is 2. The van der Waals surface area contributed by atoms with Crippen LogP contribution in [0.5, 0.6) is 11.5 Å². The van der Waals surface area contributed by atoms with Gasteiger partial charge in [0.05, 0.1) is 54.0 Å². The number of morpholine rings is 1. The second-order valence-corrected chi connectivity index (χ2v) is 12.2. The molecule has 11 nitrogen and oxygen atoms in total.